The fourth-order valence-electron chi connectivity index (χ4n) is 3.24. The molecule has 0 atom stereocenters. The zero-order valence-corrected chi connectivity index (χ0v) is 14.2. The van der Waals surface area contributed by atoms with E-state index in [2.05, 4.69) is 22.8 Å². The van der Waals surface area contributed by atoms with Gasteiger partial charge in [0.25, 0.3) is 5.79 Å². The predicted molar refractivity (Wildman–Crippen MR) is 98.4 cm³/mol. The molecule has 124 valence electrons. The van der Waals surface area contributed by atoms with Crippen molar-refractivity contribution >= 4 is 23.0 Å². The van der Waals surface area contributed by atoms with Crippen LogP contribution in [0.2, 0.25) is 0 Å². The minimum Gasteiger partial charge on any atom is -0.448 e. The summed E-state index contributed by atoms with van der Waals surface area (Å²) in [5.41, 5.74) is 2.09. The van der Waals surface area contributed by atoms with Crippen molar-refractivity contribution < 1.29 is 9.47 Å². The Morgan fingerprint density at radius 2 is 1.75 bits per heavy atom. The van der Waals surface area contributed by atoms with E-state index >= 15 is 0 Å². The largest absolute Gasteiger partial charge is 0.448 e. The molecule has 0 amide bonds. The average molecular weight is 340 g/mol. The number of fused-ring (bicyclic) bond motifs is 1. The standard InChI is InChI=1S/C19H20N2O2S/c24-18(20-13-14-6-2-1-3-7-14)21-15-8-9-16-17(12-15)23-19(22-16)10-4-5-11-19/h1-3,6-9,12H,4-5,10-11,13H2,(H2,20,21,24). The van der Waals surface area contributed by atoms with E-state index in [1.807, 2.05) is 36.4 Å². The monoisotopic (exact) mass is 340 g/mol. The molecule has 0 radical (unpaired) electrons. The van der Waals surface area contributed by atoms with Crippen LogP contribution in [0.3, 0.4) is 0 Å². The Morgan fingerprint density at radius 1 is 1.00 bits per heavy atom. The molecule has 2 aliphatic rings. The lowest BCUT2D eigenvalue weighted by molar-refractivity contribution is -0.0716. The second-order valence-electron chi connectivity index (χ2n) is 6.28. The van der Waals surface area contributed by atoms with Gasteiger partial charge in [-0.05, 0) is 42.8 Å². The summed E-state index contributed by atoms with van der Waals surface area (Å²) in [6.45, 7) is 0.695. The van der Waals surface area contributed by atoms with Crippen LogP contribution in [-0.4, -0.2) is 10.9 Å². The Hall–Kier alpha value is -2.27. The van der Waals surface area contributed by atoms with Gasteiger partial charge >= 0.3 is 0 Å². The summed E-state index contributed by atoms with van der Waals surface area (Å²) < 4.78 is 12.1. The minimum absolute atomic E-state index is 0.424. The van der Waals surface area contributed by atoms with Gasteiger partial charge in [0.1, 0.15) is 0 Å². The second-order valence-corrected chi connectivity index (χ2v) is 6.68. The Bertz CT molecular complexity index is 742. The van der Waals surface area contributed by atoms with E-state index in [4.69, 9.17) is 21.7 Å². The summed E-state index contributed by atoms with van der Waals surface area (Å²) >= 11 is 5.37. The second kappa shape index (κ2) is 6.32. The van der Waals surface area contributed by atoms with Gasteiger partial charge in [-0.1, -0.05) is 30.3 Å². The predicted octanol–water partition coefficient (Wildman–Crippen LogP) is 4.21. The normalized spacial score (nSPS) is 17.0. The quantitative estimate of drug-likeness (QED) is 0.819. The van der Waals surface area contributed by atoms with Crippen molar-refractivity contribution in [2.75, 3.05) is 5.32 Å². The molecule has 1 saturated carbocycles. The maximum Gasteiger partial charge on any atom is 0.251 e. The van der Waals surface area contributed by atoms with E-state index in [0.29, 0.717) is 11.7 Å². The van der Waals surface area contributed by atoms with E-state index in [0.717, 1.165) is 42.9 Å². The summed E-state index contributed by atoms with van der Waals surface area (Å²) in [5, 5.41) is 7.01. The molecule has 1 heterocycles. The van der Waals surface area contributed by atoms with Crippen LogP contribution < -0.4 is 20.1 Å². The average Bonchev–Trinajstić information content (AvgIpc) is 3.20. The van der Waals surface area contributed by atoms with Crippen LogP contribution >= 0.6 is 12.2 Å². The van der Waals surface area contributed by atoms with Crippen LogP contribution in [0.1, 0.15) is 31.2 Å². The Labute approximate surface area is 147 Å². The van der Waals surface area contributed by atoms with Gasteiger partial charge in [0.15, 0.2) is 16.6 Å². The highest BCUT2D eigenvalue weighted by atomic mass is 32.1. The summed E-state index contributed by atoms with van der Waals surface area (Å²) in [7, 11) is 0. The van der Waals surface area contributed by atoms with Crippen molar-refractivity contribution in [1.82, 2.24) is 5.32 Å². The number of anilines is 1. The number of benzene rings is 2. The van der Waals surface area contributed by atoms with Gasteiger partial charge in [0.05, 0.1) is 0 Å². The van der Waals surface area contributed by atoms with E-state index < -0.39 is 5.79 Å². The summed E-state index contributed by atoms with van der Waals surface area (Å²) in [6, 6.07) is 16.0. The van der Waals surface area contributed by atoms with E-state index in [1.165, 1.54) is 5.56 Å². The van der Waals surface area contributed by atoms with Crippen molar-refractivity contribution in [2.45, 2.75) is 38.0 Å². The number of nitrogens with one attached hydrogen (secondary N) is 2. The molecule has 2 N–H and O–H groups in total. The molecule has 4 nitrogen and oxygen atoms in total. The number of ether oxygens (including phenoxy) is 2. The Morgan fingerprint density at radius 3 is 2.54 bits per heavy atom. The highest BCUT2D eigenvalue weighted by molar-refractivity contribution is 7.80. The third-order valence-corrected chi connectivity index (χ3v) is 4.70. The Balaban J connectivity index is 1.37. The third-order valence-electron chi connectivity index (χ3n) is 4.45. The molecule has 0 saturated heterocycles. The fraction of sp³-hybridized carbons (Fsp3) is 0.316. The van der Waals surface area contributed by atoms with E-state index in [1.54, 1.807) is 0 Å². The van der Waals surface area contributed by atoms with Crippen molar-refractivity contribution in [2.24, 2.45) is 0 Å². The first-order valence-electron chi connectivity index (χ1n) is 8.33. The molecular weight excluding hydrogens is 320 g/mol. The number of hydrogen-bond donors (Lipinski definition) is 2. The topological polar surface area (TPSA) is 42.5 Å². The van der Waals surface area contributed by atoms with Crippen LogP contribution in [0.15, 0.2) is 48.5 Å². The molecule has 2 aromatic carbocycles. The Kier molecular flexibility index (Phi) is 4.02. The summed E-state index contributed by atoms with van der Waals surface area (Å²) in [4.78, 5) is 0. The third kappa shape index (κ3) is 3.17. The lowest BCUT2D eigenvalue weighted by Crippen LogP contribution is -2.34. The van der Waals surface area contributed by atoms with Crippen LogP contribution in [0, 0.1) is 0 Å². The number of hydrogen-bond acceptors (Lipinski definition) is 3. The van der Waals surface area contributed by atoms with Crippen molar-refractivity contribution in [1.29, 1.82) is 0 Å². The molecule has 5 heteroatoms. The lowest BCUT2D eigenvalue weighted by Gasteiger charge is -2.21. The molecule has 4 rings (SSSR count). The molecule has 1 aliphatic heterocycles. The van der Waals surface area contributed by atoms with Gasteiger partial charge in [-0.3, -0.25) is 0 Å². The first-order valence-corrected chi connectivity index (χ1v) is 8.74. The molecule has 1 fully saturated rings. The summed E-state index contributed by atoms with van der Waals surface area (Å²) in [5.74, 6) is 1.20. The van der Waals surface area contributed by atoms with Crippen LogP contribution in [0.4, 0.5) is 5.69 Å². The number of rotatable bonds is 3. The molecular formula is C19H20N2O2S. The van der Waals surface area contributed by atoms with Gasteiger partial charge in [-0.2, -0.15) is 0 Å². The van der Waals surface area contributed by atoms with Gasteiger partial charge in [0.2, 0.25) is 0 Å². The van der Waals surface area contributed by atoms with E-state index in [-0.39, 0.29) is 0 Å². The molecule has 1 spiro atoms. The number of thiocarbonyl (C=S) groups is 1. The van der Waals surface area contributed by atoms with Crippen LogP contribution in [-0.2, 0) is 6.54 Å². The molecule has 0 aromatic heterocycles. The van der Waals surface area contributed by atoms with Crippen molar-refractivity contribution in [3.63, 3.8) is 0 Å². The van der Waals surface area contributed by atoms with Gasteiger partial charge in [-0.25, -0.2) is 0 Å². The smallest absolute Gasteiger partial charge is 0.251 e. The van der Waals surface area contributed by atoms with Crippen LogP contribution in [0.5, 0.6) is 11.5 Å². The molecule has 1 aliphatic carbocycles. The SMILES string of the molecule is S=C(NCc1ccccc1)Nc1ccc2c(c1)OC1(CCCC1)O2. The van der Waals surface area contributed by atoms with Gasteiger partial charge in [-0.15, -0.1) is 0 Å². The maximum atomic E-state index is 6.08. The highest BCUT2D eigenvalue weighted by Crippen LogP contribution is 2.47. The first-order chi connectivity index (χ1) is 11.7. The van der Waals surface area contributed by atoms with Gasteiger partial charge in [0, 0.05) is 31.1 Å². The zero-order chi connectivity index (χ0) is 16.4. The van der Waals surface area contributed by atoms with E-state index in [9.17, 15) is 0 Å². The minimum atomic E-state index is -0.424. The van der Waals surface area contributed by atoms with Crippen LogP contribution in [0.25, 0.3) is 0 Å². The fourth-order valence-corrected chi connectivity index (χ4v) is 3.43. The van der Waals surface area contributed by atoms with Crippen molar-refractivity contribution in [3.05, 3.63) is 54.1 Å². The summed E-state index contributed by atoms with van der Waals surface area (Å²) in [6.07, 6.45) is 4.24. The molecule has 2 aromatic rings. The highest BCUT2D eigenvalue weighted by Gasteiger charge is 2.44. The molecule has 24 heavy (non-hydrogen) atoms. The van der Waals surface area contributed by atoms with Gasteiger partial charge < -0.3 is 20.1 Å². The van der Waals surface area contributed by atoms with Crippen molar-refractivity contribution in [3.8, 4) is 11.5 Å². The first kappa shape index (κ1) is 15.3. The maximum absolute atomic E-state index is 6.08. The molecule has 0 bridgehead atoms. The lowest BCUT2D eigenvalue weighted by atomic mass is 10.2. The molecule has 0 unspecified atom stereocenters. The zero-order valence-electron chi connectivity index (χ0n) is 13.4.